The average Bonchev–Trinajstić information content (AvgIpc) is 2.28. The van der Waals surface area contributed by atoms with Gasteiger partial charge in [0, 0.05) is 6.54 Å². The minimum Gasteiger partial charge on any atom is -0.493 e. The second-order valence-corrected chi connectivity index (χ2v) is 3.98. The Balaban J connectivity index is 2.88. The van der Waals surface area contributed by atoms with Gasteiger partial charge in [0.05, 0.1) is 25.2 Å². The first kappa shape index (κ1) is 12.9. The third kappa shape index (κ3) is 3.16. The standard InChI is InChI=1S/C12H14BrNO2/c1-4-5-14-8-9-6-10(13)12(16-3)11(7-9)15-2/h1,6-7,14H,5,8H2,2-3H3. The lowest BCUT2D eigenvalue weighted by atomic mass is 10.2. The fourth-order valence-corrected chi connectivity index (χ4v) is 2.00. The summed E-state index contributed by atoms with van der Waals surface area (Å²) in [5.74, 6) is 3.93. The summed E-state index contributed by atoms with van der Waals surface area (Å²) in [6, 6.07) is 3.90. The van der Waals surface area contributed by atoms with Gasteiger partial charge in [-0.15, -0.1) is 6.42 Å². The van der Waals surface area contributed by atoms with Crippen LogP contribution in [-0.4, -0.2) is 20.8 Å². The Morgan fingerprint density at radius 3 is 2.69 bits per heavy atom. The molecule has 86 valence electrons. The zero-order valence-electron chi connectivity index (χ0n) is 9.34. The third-order valence-electron chi connectivity index (χ3n) is 2.05. The molecule has 0 atom stereocenters. The Hall–Kier alpha value is -1.18. The molecule has 0 aromatic heterocycles. The van der Waals surface area contributed by atoms with Crippen molar-refractivity contribution in [1.29, 1.82) is 0 Å². The van der Waals surface area contributed by atoms with Crippen LogP contribution in [0.3, 0.4) is 0 Å². The predicted octanol–water partition coefficient (Wildman–Crippen LogP) is 2.19. The lowest BCUT2D eigenvalue weighted by molar-refractivity contribution is 0.352. The summed E-state index contributed by atoms with van der Waals surface area (Å²) >= 11 is 3.43. The highest BCUT2D eigenvalue weighted by Crippen LogP contribution is 2.36. The predicted molar refractivity (Wildman–Crippen MR) is 67.8 cm³/mol. The van der Waals surface area contributed by atoms with Crippen molar-refractivity contribution in [3.8, 4) is 23.8 Å². The van der Waals surface area contributed by atoms with Crippen LogP contribution in [0.15, 0.2) is 16.6 Å². The minimum atomic E-state index is 0.548. The van der Waals surface area contributed by atoms with Crippen LogP contribution in [0, 0.1) is 12.3 Å². The van der Waals surface area contributed by atoms with Crippen molar-refractivity contribution in [3.05, 3.63) is 22.2 Å². The molecule has 0 saturated heterocycles. The molecule has 4 heteroatoms. The molecule has 0 saturated carbocycles. The quantitative estimate of drug-likeness (QED) is 0.664. The van der Waals surface area contributed by atoms with Crippen molar-refractivity contribution in [2.75, 3.05) is 20.8 Å². The second kappa shape index (κ2) is 6.41. The van der Waals surface area contributed by atoms with Crippen LogP contribution < -0.4 is 14.8 Å². The molecule has 0 heterocycles. The molecule has 3 nitrogen and oxygen atoms in total. The van der Waals surface area contributed by atoms with Gasteiger partial charge >= 0.3 is 0 Å². The first-order valence-electron chi connectivity index (χ1n) is 4.77. The van der Waals surface area contributed by atoms with Gasteiger partial charge in [-0.3, -0.25) is 0 Å². The van der Waals surface area contributed by atoms with Crippen molar-refractivity contribution >= 4 is 15.9 Å². The summed E-state index contributed by atoms with van der Waals surface area (Å²) in [6.45, 7) is 1.25. The van der Waals surface area contributed by atoms with Gasteiger partial charge < -0.3 is 14.8 Å². The molecule has 16 heavy (non-hydrogen) atoms. The van der Waals surface area contributed by atoms with E-state index < -0.39 is 0 Å². The van der Waals surface area contributed by atoms with Crippen LogP contribution >= 0.6 is 15.9 Å². The molecule has 0 unspecified atom stereocenters. The van der Waals surface area contributed by atoms with E-state index >= 15 is 0 Å². The Morgan fingerprint density at radius 1 is 1.38 bits per heavy atom. The lowest BCUT2D eigenvalue weighted by Crippen LogP contribution is -2.13. The highest BCUT2D eigenvalue weighted by molar-refractivity contribution is 9.10. The van der Waals surface area contributed by atoms with Crippen molar-refractivity contribution in [3.63, 3.8) is 0 Å². The molecular weight excluding hydrogens is 270 g/mol. The molecule has 0 aliphatic heterocycles. The first-order valence-corrected chi connectivity index (χ1v) is 5.56. The van der Waals surface area contributed by atoms with E-state index in [0.29, 0.717) is 24.6 Å². The Kier molecular flexibility index (Phi) is 5.17. The van der Waals surface area contributed by atoms with E-state index in [0.717, 1.165) is 10.0 Å². The van der Waals surface area contributed by atoms with Gasteiger partial charge in [0.25, 0.3) is 0 Å². The SMILES string of the molecule is C#CCNCc1cc(Br)c(OC)c(OC)c1. The Morgan fingerprint density at radius 2 is 2.12 bits per heavy atom. The van der Waals surface area contributed by atoms with Crippen LogP contribution in [0.2, 0.25) is 0 Å². The zero-order chi connectivity index (χ0) is 12.0. The highest BCUT2D eigenvalue weighted by Gasteiger charge is 2.09. The maximum absolute atomic E-state index is 5.24. The highest BCUT2D eigenvalue weighted by atomic mass is 79.9. The number of benzene rings is 1. The van der Waals surface area contributed by atoms with Gasteiger partial charge in [0.15, 0.2) is 11.5 Å². The van der Waals surface area contributed by atoms with E-state index in [2.05, 4.69) is 27.2 Å². The van der Waals surface area contributed by atoms with Gasteiger partial charge in [-0.2, -0.15) is 0 Å². The summed E-state index contributed by atoms with van der Waals surface area (Å²) in [4.78, 5) is 0. The summed E-state index contributed by atoms with van der Waals surface area (Å²) in [6.07, 6.45) is 5.16. The molecular formula is C12H14BrNO2. The average molecular weight is 284 g/mol. The summed E-state index contributed by atoms with van der Waals surface area (Å²) < 4.78 is 11.3. The van der Waals surface area contributed by atoms with Crippen molar-refractivity contribution in [1.82, 2.24) is 5.32 Å². The zero-order valence-corrected chi connectivity index (χ0v) is 10.9. The fourth-order valence-electron chi connectivity index (χ4n) is 1.35. The molecule has 1 aromatic carbocycles. The van der Waals surface area contributed by atoms with Crippen molar-refractivity contribution in [2.24, 2.45) is 0 Å². The molecule has 1 aromatic rings. The number of rotatable bonds is 5. The van der Waals surface area contributed by atoms with E-state index in [9.17, 15) is 0 Å². The third-order valence-corrected chi connectivity index (χ3v) is 2.64. The monoisotopic (exact) mass is 283 g/mol. The molecule has 1 N–H and O–H groups in total. The minimum absolute atomic E-state index is 0.548. The number of methoxy groups -OCH3 is 2. The molecule has 0 aliphatic rings. The largest absolute Gasteiger partial charge is 0.493 e. The molecule has 0 amide bonds. The summed E-state index contributed by atoms with van der Waals surface area (Å²) in [5.41, 5.74) is 1.08. The van der Waals surface area contributed by atoms with Crippen molar-refractivity contribution in [2.45, 2.75) is 6.54 Å². The number of hydrogen-bond acceptors (Lipinski definition) is 3. The van der Waals surface area contributed by atoms with Gasteiger partial charge in [0.2, 0.25) is 0 Å². The van der Waals surface area contributed by atoms with Gasteiger partial charge in [-0.1, -0.05) is 5.92 Å². The number of halogens is 1. The Bertz CT molecular complexity index is 399. The molecule has 0 aliphatic carbocycles. The summed E-state index contributed by atoms with van der Waals surface area (Å²) in [7, 11) is 3.22. The van der Waals surface area contributed by atoms with E-state index in [-0.39, 0.29) is 0 Å². The van der Waals surface area contributed by atoms with Gasteiger partial charge in [0.1, 0.15) is 0 Å². The van der Waals surface area contributed by atoms with Gasteiger partial charge in [-0.25, -0.2) is 0 Å². The first-order chi connectivity index (χ1) is 7.72. The molecule has 0 spiro atoms. The van der Waals surface area contributed by atoms with E-state index in [4.69, 9.17) is 15.9 Å². The second-order valence-electron chi connectivity index (χ2n) is 3.12. The maximum atomic E-state index is 5.24. The molecule has 0 radical (unpaired) electrons. The van der Waals surface area contributed by atoms with E-state index in [1.54, 1.807) is 14.2 Å². The van der Waals surface area contributed by atoms with Crippen LogP contribution in [0.4, 0.5) is 0 Å². The number of ether oxygens (including phenoxy) is 2. The van der Waals surface area contributed by atoms with Crippen LogP contribution in [-0.2, 0) is 6.54 Å². The van der Waals surface area contributed by atoms with Crippen LogP contribution in [0.25, 0.3) is 0 Å². The molecule has 1 rings (SSSR count). The smallest absolute Gasteiger partial charge is 0.174 e. The fraction of sp³-hybridized carbons (Fsp3) is 0.333. The molecule has 0 fully saturated rings. The number of nitrogens with one attached hydrogen (secondary N) is 1. The summed E-state index contributed by atoms with van der Waals surface area (Å²) in [5, 5.41) is 3.11. The van der Waals surface area contributed by atoms with E-state index in [1.165, 1.54) is 0 Å². The van der Waals surface area contributed by atoms with Gasteiger partial charge in [-0.05, 0) is 33.6 Å². The topological polar surface area (TPSA) is 30.5 Å². The number of hydrogen-bond donors (Lipinski definition) is 1. The maximum Gasteiger partial charge on any atom is 0.174 e. The van der Waals surface area contributed by atoms with Crippen molar-refractivity contribution < 1.29 is 9.47 Å². The lowest BCUT2D eigenvalue weighted by Gasteiger charge is -2.12. The number of terminal acetylenes is 1. The van der Waals surface area contributed by atoms with E-state index in [1.807, 2.05) is 12.1 Å². The molecule has 0 bridgehead atoms. The van der Waals surface area contributed by atoms with Crippen LogP contribution in [0.5, 0.6) is 11.5 Å². The Labute approximate surface area is 104 Å². The normalized spacial score (nSPS) is 9.62. The van der Waals surface area contributed by atoms with Crippen LogP contribution in [0.1, 0.15) is 5.56 Å².